The van der Waals surface area contributed by atoms with Gasteiger partial charge in [0.15, 0.2) is 11.5 Å². The number of fused-ring (bicyclic) bond motifs is 1. The van der Waals surface area contributed by atoms with Gasteiger partial charge in [0.25, 0.3) is 5.89 Å². The normalized spacial score (nSPS) is 12.2. The molecule has 0 unspecified atom stereocenters. The molecular formula is C15H17FN4O. The minimum absolute atomic E-state index is 0.0000284. The van der Waals surface area contributed by atoms with Crippen molar-refractivity contribution in [1.82, 2.24) is 19.7 Å². The molecule has 0 aliphatic carbocycles. The van der Waals surface area contributed by atoms with Crippen LogP contribution in [0.1, 0.15) is 38.3 Å². The lowest BCUT2D eigenvalue weighted by molar-refractivity contribution is 0.155. The Labute approximate surface area is 121 Å². The molecule has 2 aromatic heterocycles. The molecule has 0 aliphatic rings. The summed E-state index contributed by atoms with van der Waals surface area (Å²) in [6.45, 7) is 5.26. The van der Waals surface area contributed by atoms with Crippen molar-refractivity contribution in [3.63, 3.8) is 0 Å². The predicted octanol–water partition coefficient (Wildman–Crippen LogP) is 3.23. The van der Waals surface area contributed by atoms with Gasteiger partial charge in [-0.1, -0.05) is 24.2 Å². The number of halogens is 1. The fourth-order valence-electron chi connectivity index (χ4n) is 2.27. The van der Waals surface area contributed by atoms with Crippen LogP contribution in [-0.4, -0.2) is 19.7 Å². The van der Waals surface area contributed by atoms with Crippen molar-refractivity contribution in [3.8, 4) is 0 Å². The smallest absolute Gasteiger partial charge is 0.263 e. The Morgan fingerprint density at radius 3 is 2.67 bits per heavy atom. The third-order valence-corrected chi connectivity index (χ3v) is 3.33. The first-order valence-corrected chi connectivity index (χ1v) is 6.95. The molecule has 0 fully saturated rings. The Balaban J connectivity index is 1.99. The van der Waals surface area contributed by atoms with Crippen LogP contribution < -0.4 is 0 Å². The van der Waals surface area contributed by atoms with Gasteiger partial charge in [0.1, 0.15) is 5.82 Å². The standard InChI is InChI=1S/C15H17FN4O/c1-4-13-17-10-7-5-6-8-11(10)20(13)9-12-18-14(21-19-12)15(2,3)16/h5-8H,4,9H2,1-3H3. The topological polar surface area (TPSA) is 56.7 Å². The molecule has 0 amide bonds. The number of nitrogens with zero attached hydrogens (tertiary/aromatic N) is 4. The van der Waals surface area contributed by atoms with Crippen LogP contribution in [-0.2, 0) is 18.6 Å². The lowest BCUT2D eigenvalue weighted by Gasteiger charge is -2.06. The van der Waals surface area contributed by atoms with Crippen LogP contribution in [0.3, 0.4) is 0 Å². The lowest BCUT2D eigenvalue weighted by atomic mass is 10.2. The van der Waals surface area contributed by atoms with E-state index >= 15 is 0 Å². The van der Waals surface area contributed by atoms with E-state index in [1.54, 1.807) is 0 Å². The number of alkyl halides is 1. The van der Waals surface area contributed by atoms with Gasteiger partial charge in [-0.3, -0.25) is 0 Å². The summed E-state index contributed by atoms with van der Waals surface area (Å²) in [7, 11) is 0. The van der Waals surface area contributed by atoms with Gasteiger partial charge in [0.05, 0.1) is 17.6 Å². The van der Waals surface area contributed by atoms with Gasteiger partial charge >= 0.3 is 0 Å². The first-order chi connectivity index (χ1) is 9.99. The number of hydrogen-bond acceptors (Lipinski definition) is 4. The lowest BCUT2D eigenvalue weighted by Crippen LogP contribution is -2.10. The van der Waals surface area contributed by atoms with Crippen LogP contribution in [0.2, 0.25) is 0 Å². The minimum atomic E-state index is -1.63. The number of hydrogen-bond donors (Lipinski definition) is 0. The summed E-state index contributed by atoms with van der Waals surface area (Å²) in [4.78, 5) is 8.72. The van der Waals surface area contributed by atoms with Gasteiger partial charge in [-0.25, -0.2) is 9.37 Å². The van der Waals surface area contributed by atoms with E-state index < -0.39 is 5.67 Å². The maximum Gasteiger partial charge on any atom is 0.263 e. The van der Waals surface area contributed by atoms with E-state index in [4.69, 9.17) is 4.52 Å². The molecule has 0 radical (unpaired) electrons. The fraction of sp³-hybridized carbons (Fsp3) is 0.400. The first kappa shape index (κ1) is 13.7. The zero-order valence-corrected chi connectivity index (χ0v) is 12.3. The van der Waals surface area contributed by atoms with Crippen LogP contribution in [0.4, 0.5) is 4.39 Å². The predicted molar refractivity (Wildman–Crippen MR) is 76.6 cm³/mol. The molecule has 3 rings (SSSR count). The van der Waals surface area contributed by atoms with Gasteiger partial charge in [-0.15, -0.1) is 0 Å². The average molecular weight is 288 g/mol. The molecule has 0 saturated heterocycles. The first-order valence-electron chi connectivity index (χ1n) is 6.95. The summed E-state index contributed by atoms with van der Waals surface area (Å²) < 4.78 is 20.8. The molecular weight excluding hydrogens is 271 g/mol. The highest BCUT2D eigenvalue weighted by Gasteiger charge is 2.27. The number of aryl methyl sites for hydroxylation is 1. The summed E-state index contributed by atoms with van der Waals surface area (Å²) in [5, 5.41) is 3.87. The highest BCUT2D eigenvalue weighted by atomic mass is 19.1. The molecule has 5 nitrogen and oxygen atoms in total. The van der Waals surface area contributed by atoms with Crippen molar-refractivity contribution in [2.24, 2.45) is 0 Å². The van der Waals surface area contributed by atoms with E-state index in [9.17, 15) is 4.39 Å². The minimum Gasteiger partial charge on any atom is -0.336 e. The van der Waals surface area contributed by atoms with Crippen LogP contribution >= 0.6 is 0 Å². The van der Waals surface area contributed by atoms with Crippen molar-refractivity contribution < 1.29 is 8.91 Å². The monoisotopic (exact) mass is 288 g/mol. The molecule has 0 N–H and O–H groups in total. The molecule has 0 saturated carbocycles. The zero-order valence-electron chi connectivity index (χ0n) is 12.3. The summed E-state index contributed by atoms with van der Waals surface area (Å²) >= 11 is 0. The van der Waals surface area contributed by atoms with E-state index in [1.165, 1.54) is 13.8 Å². The molecule has 0 bridgehead atoms. The Hall–Kier alpha value is -2.24. The fourth-order valence-corrected chi connectivity index (χ4v) is 2.27. The second-order valence-electron chi connectivity index (χ2n) is 5.44. The summed E-state index contributed by atoms with van der Waals surface area (Å²) in [5.74, 6) is 1.40. The Kier molecular flexibility index (Phi) is 3.23. The van der Waals surface area contributed by atoms with E-state index in [1.807, 2.05) is 35.8 Å². The Morgan fingerprint density at radius 2 is 2.00 bits per heavy atom. The van der Waals surface area contributed by atoms with Crippen molar-refractivity contribution >= 4 is 11.0 Å². The number of imidazole rings is 1. The van der Waals surface area contributed by atoms with E-state index in [-0.39, 0.29) is 5.89 Å². The van der Waals surface area contributed by atoms with Crippen molar-refractivity contribution in [2.75, 3.05) is 0 Å². The summed E-state index contributed by atoms with van der Waals surface area (Å²) in [6, 6.07) is 7.89. The average Bonchev–Trinajstić information content (AvgIpc) is 3.04. The van der Waals surface area contributed by atoms with Crippen molar-refractivity contribution in [3.05, 3.63) is 41.8 Å². The van der Waals surface area contributed by atoms with Gasteiger partial charge in [-0.05, 0) is 26.0 Å². The van der Waals surface area contributed by atoms with Gasteiger partial charge in [-0.2, -0.15) is 4.98 Å². The molecule has 21 heavy (non-hydrogen) atoms. The molecule has 6 heteroatoms. The maximum atomic E-state index is 13.8. The highest BCUT2D eigenvalue weighted by Crippen LogP contribution is 2.23. The Bertz CT molecular complexity index is 769. The SMILES string of the molecule is CCc1nc2ccccc2n1Cc1noc(C(C)(C)F)n1. The Morgan fingerprint density at radius 1 is 1.24 bits per heavy atom. The number of rotatable bonds is 4. The second kappa shape index (κ2) is 4.95. The van der Waals surface area contributed by atoms with Gasteiger partial charge in [0, 0.05) is 6.42 Å². The quantitative estimate of drug-likeness (QED) is 0.739. The zero-order chi connectivity index (χ0) is 15.0. The molecule has 0 atom stereocenters. The maximum absolute atomic E-state index is 13.8. The number of aromatic nitrogens is 4. The van der Waals surface area contributed by atoms with Crippen LogP contribution in [0.15, 0.2) is 28.8 Å². The third-order valence-electron chi connectivity index (χ3n) is 3.33. The molecule has 2 heterocycles. The van der Waals surface area contributed by atoms with Crippen LogP contribution in [0, 0.1) is 0 Å². The van der Waals surface area contributed by atoms with Crippen molar-refractivity contribution in [1.29, 1.82) is 0 Å². The van der Waals surface area contributed by atoms with Crippen LogP contribution in [0.25, 0.3) is 11.0 Å². The summed E-state index contributed by atoms with van der Waals surface area (Å²) in [6.07, 6.45) is 0.800. The highest BCUT2D eigenvalue weighted by molar-refractivity contribution is 5.75. The van der Waals surface area contributed by atoms with Crippen LogP contribution in [0.5, 0.6) is 0 Å². The summed E-state index contributed by atoms with van der Waals surface area (Å²) in [5.41, 5.74) is 0.319. The number of benzene rings is 1. The molecule has 1 aromatic carbocycles. The van der Waals surface area contributed by atoms with E-state index in [0.29, 0.717) is 12.4 Å². The second-order valence-corrected chi connectivity index (χ2v) is 5.44. The van der Waals surface area contributed by atoms with E-state index in [0.717, 1.165) is 23.3 Å². The molecule has 0 aliphatic heterocycles. The number of para-hydroxylation sites is 2. The molecule has 0 spiro atoms. The van der Waals surface area contributed by atoms with Gasteiger partial charge < -0.3 is 9.09 Å². The van der Waals surface area contributed by atoms with Gasteiger partial charge in [0.2, 0.25) is 0 Å². The molecule has 110 valence electrons. The third kappa shape index (κ3) is 2.53. The largest absolute Gasteiger partial charge is 0.336 e. The molecule has 3 aromatic rings. The van der Waals surface area contributed by atoms with E-state index in [2.05, 4.69) is 15.1 Å². The van der Waals surface area contributed by atoms with Crippen molar-refractivity contribution in [2.45, 2.75) is 39.4 Å².